The molecule has 202 valence electrons. The van der Waals surface area contributed by atoms with Crippen LogP contribution in [0.3, 0.4) is 0 Å². The molecule has 0 heterocycles. The second kappa shape index (κ2) is 8.78. The van der Waals surface area contributed by atoms with Crippen molar-refractivity contribution in [3.8, 4) is 0 Å². The van der Waals surface area contributed by atoms with Crippen molar-refractivity contribution in [1.29, 1.82) is 0 Å². The maximum Gasteiger partial charge on any atom is 0.297 e. The minimum absolute atomic E-state index is 0.0956. The van der Waals surface area contributed by atoms with Gasteiger partial charge in [-0.05, 0) is 118 Å². The highest BCUT2D eigenvalue weighted by Gasteiger charge is 2.68. The standard InChI is InChI=1S/C32H44O4S/c1-21-8-11-26(12-9-21)37(34,35)36-25-14-17-30(3)23(19-25)10-13-27-28(30)15-18-31(4)29(27)20-24-7-5-6-16-32(24,31)22(2)33/h8-12,24-25,27-29H,5-7,13-20H2,1-4H3/t24-,25-,27-,28+,29-,30+,31+,32-/m1/s1. The number of allylic oxidation sites excluding steroid dienone is 1. The number of aryl methyl sites for hydroxylation is 1. The average molecular weight is 525 g/mol. The number of carbonyl (C=O) groups excluding carboxylic acids is 1. The first-order chi connectivity index (χ1) is 17.5. The molecule has 8 atom stereocenters. The molecule has 4 fully saturated rings. The van der Waals surface area contributed by atoms with E-state index < -0.39 is 10.1 Å². The SMILES string of the molecule is CC(=O)[C@]12CCCC[C@@H]1C[C@@H]1[C@@H]3CC=C4C[C@H](OS(=O)(=O)c5ccc(C)cc5)CC[C@]4(C)[C@H]3CC[C@@]12C. The first-order valence-electron chi connectivity index (χ1n) is 14.7. The van der Waals surface area contributed by atoms with Crippen molar-refractivity contribution in [1.82, 2.24) is 0 Å². The first kappa shape index (κ1) is 25.8. The van der Waals surface area contributed by atoms with Crippen molar-refractivity contribution in [2.24, 2.45) is 39.9 Å². The van der Waals surface area contributed by atoms with Gasteiger partial charge >= 0.3 is 0 Å². The Hall–Kier alpha value is -1.46. The monoisotopic (exact) mass is 524 g/mol. The third kappa shape index (κ3) is 3.69. The van der Waals surface area contributed by atoms with Crippen molar-refractivity contribution in [2.45, 2.75) is 109 Å². The van der Waals surface area contributed by atoms with Gasteiger partial charge in [-0.2, -0.15) is 8.42 Å². The predicted octanol–water partition coefficient (Wildman–Crippen LogP) is 7.41. The highest BCUT2D eigenvalue weighted by molar-refractivity contribution is 7.86. The third-order valence-electron chi connectivity index (χ3n) is 12.3. The van der Waals surface area contributed by atoms with Gasteiger partial charge in [-0.1, -0.05) is 56.0 Å². The van der Waals surface area contributed by atoms with Crippen LogP contribution in [-0.2, 0) is 19.1 Å². The van der Waals surface area contributed by atoms with Gasteiger partial charge in [0.15, 0.2) is 0 Å². The molecule has 37 heavy (non-hydrogen) atoms. The van der Waals surface area contributed by atoms with Crippen LogP contribution in [0.25, 0.3) is 0 Å². The summed E-state index contributed by atoms with van der Waals surface area (Å²) < 4.78 is 31.8. The van der Waals surface area contributed by atoms with Crippen molar-refractivity contribution in [3.05, 3.63) is 41.5 Å². The van der Waals surface area contributed by atoms with Crippen LogP contribution in [0.1, 0.15) is 97.0 Å². The summed E-state index contributed by atoms with van der Waals surface area (Å²) in [4.78, 5) is 13.6. The van der Waals surface area contributed by atoms with E-state index in [2.05, 4.69) is 19.9 Å². The molecule has 5 aliphatic carbocycles. The zero-order valence-electron chi connectivity index (χ0n) is 23.1. The van der Waals surface area contributed by atoms with Gasteiger partial charge in [0, 0.05) is 5.41 Å². The summed E-state index contributed by atoms with van der Waals surface area (Å²) in [5.41, 5.74) is 2.61. The van der Waals surface area contributed by atoms with E-state index in [1.165, 1.54) is 44.1 Å². The van der Waals surface area contributed by atoms with Gasteiger partial charge in [0.1, 0.15) is 5.78 Å². The Kier molecular flexibility index (Phi) is 6.12. The van der Waals surface area contributed by atoms with Crippen LogP contribution in [0.2, 0.25) is 0 Å². The van der Waals surface area contributed by atoms with Crippen LogP contribution in [-0.4, -0.2) is 20.3 Å². The van der Waals surface area contributed by atoms with Crippen molar-refractivity contribution in [2.75, 3.05) is 0 Å². The molecule has 0 unspecified atom stereocenters. The molecule has 0 amide bonds. The second-order valence-corrected chi connectivity index (χ2v) is 15.2. The fourth-order valence-corrected chi connectivity index (χ4v) is 11.5. The number of benzene rings is 1. The Morgan fingerprint density at radius 2 is 1.73 bits per heavy atom. The largest absolute Gasteiger partial charge is 0.299 e. The van der Waals surface area contributed by atoms with E-state index >= 15 is 0 Å². The summed E-state index contributed by atoms with van der Waals surface area (Å²) >= 11 is 0. The molecule has 1 aromatic carbocycles. The summed E-state index contributed by atoms with van der Waals surface area (Å²) in [6, 6.07) is 6.94. The van der Waals surface area contributed by atoms with Crippen LogP contribution in [0.15, 0.2) is 40.8 Å². The van der Waals surface area contributed by atoms with Gasteiger partial charge in [0.25, 0.3) is 10.1 Å². The number of rotatable bonds is 4. The molecule has 0 bridgehead atoms. The van der Waals surface area contributed by atoms with E-state index in [-0.39, 0.29) is 27.2 Å². The molecule has 5 aliphatic rings. The number of ketones is 1. The summed E-state index contributed by atoms with van der Waals surface area (Å²) in [6.45, 7) is 8.79. The zero-order chi connectivity index (χ0) is 26.2. The second-order valence-electron chi connectivity index (χ2n) is 13.6. The van der Waals surface area contributed by atoms with Crippen LogP contribution >= 0.6 is 0 Å². The van der Waals surface area contributed by atoms with Crippen LogP contribution in [0.4, 0.5) is 0 Å². The lowest BCUT2D eigenvalue weighted by molar-refractivity contribution is -0.147. The first-order valence-corrected chi connectivity index (χ1v) is 16.1. The van der Waals surface area contributed by atoms with Crippen molar-refractivity contribution >= 4 is 15.9 Å². The third-order valence-corrected chi connectivity index (χ3v) is 13.7. The van der Waals surface area contributed by atoms with Crippen molar-refractivity contribution < 1.29 is 17.4 Å². The van der Waals surface area contributed by atoms with E-state index in [9.17, 15) is 13.2 Å². The maximum atomic E-state index is 13.3. The molecule has 4 saturated carbocycles. The molecular weight excluding hydrogens is 480 g/mol. The van der Waals surface area contributed by atoms with Gasteiger partial charge in [-0.15, -0.1) is 0 Å². The summed E-state index contributed by atoms with van der Waals surface area (Å²) in [6.07, 6.45) is 14.2. The molecule has 1 aromatic rings. The maximum absolute atomic E-state index is 13.3. The molecular formula is C32H44O4S. The number of carbonyl (C=O) groups is 1. The molecule has 0 aromatic heterocycles. The zero-order valence-corrected chi connectivity index (χ0v) is 23.9. The van der Waals surface area contributed by atoms with Gasteiger partial charge < -0.3 is 0 Å². The quantitative estimate of drug-likeness (QED) is 0.304. The van der Waals surface area contributed by atoms with Crippen LogP contribution in [0.5, 0.6) is 0 Å². The van der Waals surface area contributed by atoms with Crippen LogP contribution < -0.4 is 0 Å². The normalized spacial score (nSPS) is 43.1. The minimum Gasteiger partial charge on any atom is -0.299 e. The van der Waals surface area contributed by atoms with Crippen molar-refractivity contribution in [3.63, 3.8) is 0 Å². The Morgan fingerprint density at radius 1 is 0.973 bits per heavy atom. The summed E-state index contributed by atoms with van der Waals surface area (Å²) in [7, 11) is -3.76. The molecule has 5 heteroatoms. The molecule has 0 saturated heterocycles. The van der Waals surface area contributed by atoms with Gasteiger partial charge in [-0.3, -0.25) is 8.98 Å². The molecule has 4 nitrogen and oxygen atoms in total. The van der Waals surface area contributed by atoms with E-state index in [4.69, 9.17) is 4.18 Å². The molecule has 6 rings (SSSR count). The number of hydrogen-bond donors (Lipinski definition) is 0. The fraction of sp³-hybridized carbons (Fsp3) is 0.719. The van der Waals surface area contributed by atoms with Gasteiger partial charge in [0.2, 0.25) is 0 Å². The fourth-order valence-electron chi connectivity index (χ4n) is 10.4. The van der Waals surface area contributed by atoms with E-state index in [0.29, 0.717) is 35.9 Å². The summed E-state index contributed by atoms with van der Waals surface area (Å²) in [5.74, 6) is 2.93. The number of Topliss-reactive ketones (excluding diaryl/α,β-unsaturated/α-hetero) is 1. The molecule has 0 spiro atoms. The minimum atomic E-state index is -3.76. The Labute approximate surface area is 223 Å². The average Bonchev–Trinajstić information content (AvgIpc) is 3.14. The molecule has 0 radical (unpaired) electrons. The number of fused-ring (bicyclic) bond motifs is 7. The highest BCUT2D eigenvalue weighted by atomic mass is 32.2. The Bertz CT molecular complexity index is 1220. The summed E-state index contributed by atoms with van der Waals surface area (Å²) in [5, 5.41) is 0. The lowest BCUT2D eigenvalue weighted by Gasteiger charge is -2.60. The number of hydrogen-bond acceptors (Lipinski definition) is 4. The van der Waals surface area contributed by atoms with Gasteiger partial charge in [-0.25, -0.2) is 0 Å². The Morgan fingerprint density at radius 3 is 2.46 bits per heavy atom. The highest BCUT2D eigenvalue weighted by Crippen LogP contribution is 2.73. The smallest absolute Gasteiger partial charge is 0.297 e. The van der Waals surface area contributed by atoms with E-state index in [1.54, 1.807) is 12.1 Å². The predicted molar refractivity (Wildman–Crippen MR) is 145 cm³/mol. The topological polar surface area (TPSA) is 60.4 Å². The lowest BCUT2D eigenvalue weighted by Crippen LogP contribution is -2.55. The Balaban J connectivity index is 1.24. The van der Waals surface area contributed by atoms with Gasteiger partial charge in [0.05, 0.1) is 11.0 Å². The molecule has 0 aliphatic heterocycles. The molecule has 0 N–H and O–H groups in total. The lowest BCUT2D eigenvalue weighted by atomic mass is 9.44. The van der Waals surface area contributed by atoms with Crippen LogP contribution in [0, 0.1) is 46.8 Å². The van der Waals surface area contributed by atoms with E-state index in [0.717, 1.165) is 31.2 Å². The van der Waals surface area contributed by atoms with E-state index in [1.807, 2.05) is 26.0 Å².